The molecule has 132 valence electrons. The lowest BCUT2D eigenvalue weighted by molar-refractivity contribution is -0.0863. The van der Waals surface area contributed by atoms with Gasteiger partial charge in [-0.1, -0.05) is 12.8 Å². The third kappa shape index (κ3) is 3.20. The van der Waals surface area contributed by atoms with Crippen LogP contribution < -0.4 is 10.1 Å². The molecular weight excluding hydrogens is 311 g/mol. The number of methoxy groups -OCH3 is 1. The van der Waals surface area contributed by atoms with E-state index >= 15 is 0 Å². The van der Waals surface area contributed by atoms with Crippen LogP contribution in [-0.4, -0.2) is 41.8 Å². The highest BCUT2D eigenvalue weighted by Gasteiger charge is 2.43. The Labute approximate surface area is 141 Å². The summed E-state index contributed by atoms with van der Waals surface area (Å²) in [4.78, 5) is 14.3. The standard InChI is InChI=1S/C18H25FN2O3/c1-12-9-16(24-2)14(19)10-15(12)20-17(22)21-8-7-18(23)6-4-3-5-13(18)11-21/h9-10,13,23H,3-8,11H2,1-2H3,(H,20,22). The van der Waals surface area contributed by atoms with Crippen LogP contribution in [0.25, 0.3) is 0 Å². The Hall–Kier alpha value is -1.82. The second kappa shape index (κ2) is 6.59. The number of carbonyl (C=O) groups is 1. The highest BCUT2D eigenvalue weighted by Crippen LogP contribution is 2.40. The van der Waals surface area contributed by atoms with Crippen molar-refractivity contribution in [3.63, 3.8) is 0 Å². The number of nitrogens with one attached hydrogen (secondary N) is 1. The summed E-state index contributed by atoms with van der Waals surface area (Å²) >= 11 is 0. The monoisotopic (exact) mass is 336 g/mol. The van der Waals surface area contributed by atoms with Gasteiger partial charge in [-0.25, -0.2) is 9.18 Å². The topological polar surface area (TPSA) is 61.8 Å². The summed E-state index contributed by atoms with van der Waals surface area (Å²) in [5, 5.41) is 13.5. The molecule has 0 aromatic heterocycles. The third-order valence-corrected chi connectivity index (χ3v) is 5.46. The zero-order valence-electron chi connectivity index (χ0n) is 14.3. The first-order valence-electron chi connectivity index (χ1n) is 8.55. The molecular formula is C18H25FN2O3. The number of rotatable bonds is 2. The van der Waals surface area contributed by atoms with Gasteiger partial charge in [-0.2, -0.15) is 0 Å². The molecule has 0 bridgehead atoms. The van der Waals surface area contributed by atoms with Crippen LogP contribution in [-0.2, 0) is 0 Å². The van der Waals surface area contributed by atoms with Crippen LogP contribution in [0.1, 0.15) is 37.7 Å². The Balaban J connectivity index is 1.69. The van der Waals surface area contributed by atoms with Crippen LogP contribution in [0.2, 0.25) is 0 Å². The first kappa shape index (κ1) is 17.0. The van der Waals surface area contributed by atoms with Gasteiger partial charge >= 0.3 is 6.03 Å². The van der Waals surface area contributed by atoms with E-state index in [2.05, 4.69) is 5.32 Å². The van der Waals surface area contributed by atoms with Crippen molar-refractivity contribution in [3.05, 3.63) is 23.5 Å². The van der Waals surface area contributed by atoms with Crippen molar-refractivity contribution in [2.24, 2.45) is 5.92 Å². The van der Waals surface area contributed by atoms with Gasteiger partial charge in [0.1, 0.15) is 0 Å². The van der Waals surface area contributed by atoms with Crippen molar-refractivity contribution in [2.45, 2.75) is 44.6 Å². The number of ether oxygens (including phenoxy) is 1. The van der Waals surface area contributed by atoms with Crippen LogP contribution in [0.5, 0.6) is 5.75 Å². The Bertz CT molecular complexity index is 637. The maximum absolute atomic E-state index is 13.9. The number of anilines is 1. The highest BCUT2D eigenvalue weighted by atomic mass is 19.1. The molecule has 2 unspecified atom stereocenters. The van der Waals surface area contributed by atoms with E-state index < -0.39 is 11.4 Å². The SMILES string of the molecule is COc1cc(C)c(NC(=O)N2CCC3(O)CCCCC3C2)cc1F. The minimum atomic E-state index is -0.614. The van der Waals surface area contributed by atoms with Crippen molar-refractivity contribution in [1.82, 2.24) is 4.90 Å². The maximum atomic E-state index is 13.9. The number of halogens is 1. The third-order valence-electron chi connectivity index (χ3n) is 5.46. The molecule has 0 radical (unpaired) electrons. The van der Waals surface area contributed by atoms with Crippen LogP contribution in [0.15, 0.2) is 12.1 Å². The second-order valence-electron chi connectivity index (χ2n) is 6.97. The van der Waals surface area contributed by atoms with Gasteiger partial charge in [0.05, 0.1) is 12.7 Å². The van der Waals surface area contributed by atoms with Gasteiger partial charge in [0.25, 0.3) is 0 Å². The average Bonchev–Trinajstić information content (AvgIpc) is 2.56. The normalized spacial score (nSPS) is 26.7. The largest absolute Gasteiger partial charge is 0.494 e. The molecule has 6 heteroatoms. The Morgan fingerprint density at radius 2 is 2.21 bits per heavy atom. The number of piperidine rings is 1. The van der Waals surface area contributed by atoms with E-state index in [-0.39, 0.29) is 17.7 Å². The van der Waals surface area contributed by atoms with Gasteiger partial charge in [-0.15, -0.1) is 0 Å². The average molecular weight is 336 g/mol. The van der Waals surface area contributed by atoms with Gasteiger partial charge in [-0.05, 0) is 37.8 Å². The molecule has 1 heterocycles. The molecule has 0 spiro atoms. The predicted octanol–water partition coefficient (Wildman–Crippen LogP) is 3.30. The molecule has 24 heavy (non-hydrogen) atoms. The van der Waals surface area contributed by atoms with Gasteiger partial charge in [0.15, 0.2) is 11.6 Å². The molecule has 1 aromatic rings. The molecule has 2 aliphatic rings. The number of urea groups is 1. The summed E-state index contributed by atoms with van der Waals surface area (Å²) in [5.41, 5.74) is 0.576. The molecule has 2 amide bonds. The lowest BCUT2D eigenvalue weighted by Gasteiger charge is -2.47. The van der Waals surface area contributed by atoms with Crippen LogP contribution in [0, 0.1) is 18.7 Å². The second-order valence-corrected chi connectivity index (χ2v) is 6.97. The minimum absolute atomic E-state index is 0.138. The van der Waals surface area contributed by atoms with E-state index in [4.69, 9.17) is 4.74 Å². The molecule has 1 saturated heterocycles. The van der Waals surface area contributed by atoms with Crippen molar-refractivity contribution >= 4 is 11.7 Å². The minimum Gasteiger partial charge on any atom is -0.494 e. The summed E-state index contributed by atoms with van der Waals surface area (Å²) < 4.78 is 18.8. The molecule has 3 rings (SSSR count). The lowest BCUT2D eigenvalue weighted by Crippen LogP contribution is -2.55. The van der Waals surface area contributed by atoms with Gasteiger partial charge in [0.2, 0.25) is 0 Å². The number of hydrogen-bond acceptors (Lipinski definition) is 3. The number of carbonyl (C=O) groups excluding carboxylic acids is 1. The van der Waals surface area contributed by atoms with Crippen LogP contribution >= 0.6 is 0 Å². The molecule has 1 aliphatic heterocycles. The Morgan fingerprint density at radius 3 is 2.96 bits per heavy atom. The quantitative estimate of drug-likeness (QED) is 0.871. The molecule has 2 fully saturated rings. The van der Waals surface area contributed by atoms with Crippen molar-refractivity contribution in [3.8, 4) is 5.75 Å². The zero-order chi connectivity index (χ0) is 17.3. The zero-order valence-corrected chi connectivity index (χ0v) is 14.3. The summed E-state index contributed by atoms with van der Waals surface area (Å²) in [6, 6.07) is 2.61. The highest BCUT2D eigenvalue weighted by molar-refractivity contribution is 5.90. The summed E-state index contributed by atoms with van der Waals surface area (Å²) in [5.74, 6) is -0.200. The first-order chi connectivity index (χ1) is 11.4. The molecule has 5 nitrogen and oxygen atoms in total. The van der Waals surface area contributed by atoms with E-state index in [1.165, 1.54) is 13.2 Å². The summed E-state index contributed by atoms with van der Waals surface area (Å²) in [6.45, 7) is 2.88. The van der Waals surface area contributed by atoms with Crippen LogP contribution in [0.4, 0.5) is 14.9 Å². The summed E-state index contributed by atoms with van der Waals surface area (Å²) in [6.07, 6.45) is 4.56. The number of likely N-dealkylation sites (tertiary alicyclic amines) is 1. The van der Waals surface area contributed by atoms with Gasteiger partial charge < -0.3 is 20.1 Å². The lowest BCUT2D eigenvalue weighted by atomic mass is 9.71. The molecule has 1 saturated carbocycles. The number of benzene rings is 1. The number of aryl methyl sites for hydroxylation is 1. The Kier molecular flexibility index (Phi) is 4.67. The predicted molar refractivity (Wildman–Crippen MR) is 89.8 cm³/mol. The molecule has 2 atom stereocenters. The van der Waals surface area contributed by atoms with Gasteiger partial charge in [-0.3, -0.25) is 0 Å². The Morgan fingerprint density at radius 1 is 1.42 bits per heavy atom. The first-order valence-corrected chi connectivity index (χ1v) is 8.55. The van der Waals surface area contributed by atoms with E-state index in [9.17, 15) is 14.3 Å². The smallest absolute Gasteiger partial charge is 0.321 e. The van der Waals surface area contributed by atoms with Crippen LogP contribution in [0.3, 0.4) is 0 Å². The summed E-state index contributed by atoms with van der Waals surface area (Å²) in [7, 11) is 1.41. The number of hydrogen-bond donors (Lipinski definition) is 2. The van der Waals surface area contributed by atoms with Crippen molar-refractivity contribution < 1.29 is 19.0 Å². The van der Waals surface area contributed by atoms with E-state index in [1.807, 2.05) is 0 Å². The van der Waals surface area contributed by atoms with Gasteiger partial charge in [0, 0.05) is 30.8 Å². The van der Waals surface area contributed by atoms with E-state index in [1.54, 1.807) is 17.9 Å². The number of amides is 2. The van der Waals surface area contributed by atoms with E-state index in [0.29, 0.717) is 25.2 Å². The van der Waals surface area contributed by atoms with Crippen molar-refractivity contribution in [2.75, 3.05) is 25.5 Å². The fourth-order valence-corrected chi connectivity index (χ4v) is 3.90. The fourth-order valence-electron chi connectivity index (χ4n) is 3.90. The fraction of sp³-hybridized carbons (Fsp3) is 0.611. The van der Waals surface area contributed by atoms with Crippen molar-refractivity contribution in [1.29, 1.82) is 0 Å². The molecule has 1 aromatic carbocycles. The maximum Gasteiger partial charge on any atom is 0.321 e. The number of aliphatic hydroxyl groups is 1. The molecule has 2 N–H and O–H groups in total. The number of nitrogens with zero attached hydrogens (tertiary/aromatic N) is 1. The van der Waals surface area contributed by atoms with E-state index in [0.717, 1.165) is 31.2 Å². The number of fused-ring (bicyclic) bond motifs is 1. The molecule has 1 aliphatic carbocycles.